The van der Waals surface area contributed by atoms with E-state index in [4.69, 9.17) is 21.4 Å². The van der Waals surface area contributed by atoms with E-state index < -0.39 is 11.8 Å². The Balaban J connectivity index is 1.17. The van der Waals surface area contributed by atoms with Gasteiger partial charge in [-0.1, -0.05) is 35.9 Å². The van der Waals surface area contributed by atoms with Crippen molar-refractivity contribution in [2.45, 2.75) is 45.6 Å². The number of halogens is 2. The monoisotopic (exact) mass is 587 g/mol. The minimum Gasteiger partial charge on any atom is -0.493 e. The summed E-state index contributed by atoms with van der Waals surface area (Å²) < 4.78 is 22.2. The molecule has 1 saturated carbocycles. The Kier molecular flexibility index (Phi) is 7.49. The van der Waals surface area contributed by atoms with Crippen LogP contribution >= 0.6 is 11.6 Å². The number of hydrogen-bond donors (Lipinski definition) is 1. The highest BCUT2D eigenvalue weighted by atomic mass is 35.5. The van der Waals surface area contributed by atoms with Crippen LogP contribution < -0.4 is 9.64 Å². The standard InChI is InChI=1S/C33H31ClFN3O4/c1-19-6-3-9-30(20(19)2)42-11-5-10-31(39)38-17-22-12-25(22)32-24(7-4-8-29(32)38)23-15-36-37(16-23)18-26-27(34)13-21(33(40)41)14-28(26)35/h3-4,6-9,13-16,22,25H,5,10-12,17-18H2,1-2H3,(H,40,41). The molecule has 216 valence electrons. The Morgan fingerprint density at radius 3 is 2.76 bits per heavy atom. The Bertz CT molecular complexity index is 1680. The fourth-order valence-electron chi connectivity index (χ4n) is 5.85. The van der Waals surface area contributed by atoms with E-state index >= 15 is 0 Å². The summed E-state index contributed by atoms with van der Waals surface area (Å²) >= 11 is 6.22. The predicted molar refractivity (Wildman–Crippen MR) is 159 cm³/mol. The van der Waals surface area contributed by atoms with Gasteiger partial charge in [0, 0.05) is 41.0 Å². The minimum absolute atomic E-state index is 0.0379. The van der Waals surface area contributed by atoms with Crippen molar-refractivity contribution in [3.8, 4) is 16.9 Å². The quantitative estimate of drug-likeness (QED) is 0.213. The van der Waals surface area contributed by atoms with Gasteiger partial charge in [0.2, 0.25) is 5.91 Å². The van der Waals surface area contributed by atoms with Crippen molar-refractivity contribution in [2.24, 2.45) is 5.92 Å². The normalized spacial score (nSPS) is 17.0. The van der Waals surface area contributed by atoms with Crippen LogP contribution in [0.15, 0.2) is 60.9 Å². The van der Waals surface area contributed by atoms with Gasteiger partial charge in [0.25, 0.3) is 0 Å². The molecular formula is C33H31ClFN3O4. The lowest BCUT2D eigenvalue weighted by Gasteiger charge is -2.30. The summed E-state index contributed by atoms with van der Waals surface area (Å²) in [4.78, 5) is 26.6. The summed E-state index contributed by atoms with van der Waals surface area (Å²) in [5.74, 6) is -0.151. The molecule has 1 aliphatic carbocycles. The highest BCUT2D eigenvalue weighted by Gasteiger charge is 2.47. The number of benzene rings is 3. The number of carbonyl (C=O) groups is 2. The molecule has 1 aliphatic heterocycles. The van der Waals surface area contributed by atoms with Crippen molar-refractivity contribution in [1.29, 1.82) is 0 Å². The van der Waals surface area contributed by atoms with E-state index in [0.717, 1.165) is 52.7 Å². The average Bonchev–Trinajstić information content (AvgIpc) is 3.61. The number of anilines is 1. The van der Waals surface area contributed by atoms with Gasteiger partial charge in [-0.15, -0.1) is 0 Å². The van der Waals surface area contributed by atoms with E-state index in [2.05, 4.69) is 18.1 Å². The lowest BCUT2D eigenvalue weighted by atomic mass is 9.92. The van der Waals surface area contributed by atoms with Gasteiger partial charge in [0.15, 0.2) is 0 Å². The first-order chi connectivity index (χ1) is 20.2. The van der Waals surface area contributed by atoms with Gasteiger partial charge in [-0.25, -0.2) is 9.18 Å². The number of aryl methyl sites for hydroxylation is 1. The number of carboxylic acid groups (broad SMARTS) is 1. The highest BCUT2D eigenvalue weighted by Crippen LogP contribution is 2.57. The molecule has 1 fully saturated rings. The fourth-order valence-corrected chi connectivity index (χ4v) is 6.12. The third-order valence-corrected chi connectivity index (χ3v) is 8.72. The SMILES string of the molecule is Cc1cccc(OCCCC(=O)N2CC3CC3c3c(-c4cnn(Cc5c(F)cc(C(=O)O)cc5Cl)c4)cccc32)c1C. The second-order valence-corrected chi connectivity index (χ2v) is 11.6. The Morgan fingerprint density at radius 1 is 1.17 bits per heavy atom. The number of rotatable bonds is 9. The molecule has 6 rings (SSSR count). The molecule has 2 aliphatic rings. The van der Waals surface area contributed by atoms with Crippen LogP contribution in [0.4, 0.5) is 10.1 Å². The topological polar surface area (TPSA) is 84.7 Å². The van der Waals surface area contributed by atoms with Crippen LogP contribution in [0.1, 0.15) is 57.8 Å². The molecule has 1 amide bonds. The maximum Gasteiger partial charge on any atom is 0.335 e. The maximum atomic E-state index is 14.7. The number of nitrogens with zero attached hydrogens (tertiary/aromatic N) is 3. The van der Waals surface area contributed by atoms with Crippen molar-refractivity contribution in [2.75, 3.05) is 18.1 Å². The molecule has 1 aromatic heterocycles. The van der Waals surface area contributed by atoms with Crippen LogP contribution in [0.25, 0.3) is 11.1 Å². The van der Waals surface area contributed by atoms with E-state index in [1.54, 1.807) is 10.9 Å². The highest BCUT2D eigenvalue weighted by molar-refractivity contribution is 6.31. The largest absolute Gasteiger partial charge is 0.493 e. The number of amides is 1. The van der Waals surface area contributed by atoms with Gasteiger partial charge in [-0.2, -0.15) is 5.10 Å². The summed E-state index contributed by atoms with van der Waals surface area (Å²) in [6, 6.07) is 14.2. The molecule has 2 unspecified atom stereocenters. The van der Waals surface area contributed by atoms with E-state index in [1.165, 1.54) is 11.6 Å². The number of aromatic carboxylic acids is 1. The maximum absolute atomic E-state index is 14.7. The molecule has 4 aromatic rings. The molecule has 0 spiro atoms. The van der Waals surface area contributed by atoms with Crippen molar-refractivity contribution in [3.05, 3.63) is 99.6 Å². The molecule has 0 radical (unpaired) electrons. The summed E-state index contributed by atoms with van der Waals surface area (Å²) in [6.45, 7) is 5.36. The first-order valence-electron chi connectivity index (χ1n) is 14.1. The van der Waals surface area contributed by atoms with Crippen LogP contribution in [0.3, 0.4) is 0 Å². The minimum atomic E-state index is -1.24. The molecule has 0 bridgehead atoms. The molecule has 0 saturated heterocycles. The number of aromatic nitrogens is 2. The van der Waals surface area contributed by atoms with Crippen LogP contribution in [-0.4, -0.2) is 39.9 Å². The smallest absolute Gasteiger partial charge is 0.335 e. The van der Waals surface area contributed by atoms with Crippen LogP contribution in [0.5, 0.6) is 5.75 Å². The third-order valence-electron chi connectivity index (χ3n) is 8.39. The molecule has 7 nitrogen and oxygen atoms in total. The van der Waals surface area contributed by atoms with E-state index in [-0.39, 0.29) is 28.6 Å². The molecule has 2 heterocycles. The predicted octanol–water partition coefficient (Wildman–Crippen LogP) is 7.02. The summed E-state index contributed by atoms with van der Waals surface area (Å²) in [6.07, 6.45) is 5.63. The summed E-state index contributed by atoms with van der Waals surface area (Å²) in [7, 11) is 0. The number of carboxylic acids is 1. The van der Waals surface area contributed by atoms with Crippen molar-refractivity contribution >= 4 is 29.2 Å². The summed E-state index contributed by atoms with van der Waals surface area (Å²) in [5, 5.41) is 13.6. The van der Waals surface area contributed by atoms with Gasteiger partial charge in [0.1, 0.15) is 11.6 Å². The van der Waals surface area contributed by atoms with Crippen LogP contribution in [-0.2, 0) is 11.3 Å². The summed E-state index contributed by atoms with van der Waals surface area (Å²) in [5.41, 5.74) is 6.24. The molecule has 42 heavy (non-hydrogen) atoms. The number of ether oxygens (including phenoxy) is 1. The Hall–Kier alpha value is -4.17. The van der Waals surface area contributed by atoms with Gasteiger partial charge >= 0.3 is 5.97 Å². The van der Waals surface area contributed by atoms with E-state index in [0.29, 0.717) is 31.3 Å². The third kappa shape index (κ3) is 5.39. The zero-order valence-corrected chi connectivity index (χ0v) is 24.2. The van der Waals surface area contributed by atoms with Gasteiger partial charge in [-0.05, 0) is 85.0 Å². The number of hydrogen-bond acceptors (Lipinski definition) is 4. The number of carbonyl (C=O) groups excluding carboxylic acids is 1. The van der Waals surface area contributed by atoms with Crippen LogP contribution in [0, 0.1) is 25.6 Å². The lowest BCUT2D eigenvalue weighted by Crippen LogP contribution is -2.36. The van der Waals surface area contributed by atoms with Crippen molar-refractivity contribution < 1.29 is 23.8 Å². The molecular weight excluding hydrogens is 557 g/mol. The van der Waals surface area contributed by atoms with Gasteiger partial charge in [-0.3, -0.25) is 9.48 Å². The van der Waals surface area contributed by atoms with Crippen LogP contribution in [0.2, 0.25) is 5.02 Å². The fraction of sp³-hybridized carbons (Fsp3) is 0.303. The number of fused-ring (bicyclic) bond motifs is 3. The first-order valence-corrected chi connectivity index (χ1v) is 14.5. The Morgan fingerprint density at radius 2 is 1.98 bits per heavy atom. The second kappa shape index (κ2) is 11.2. The van der Waals surface area contributed by atoms with Gasteiger partial charge in [0.05, 0.1) is 24.9 Å². The second-order valence-electron chi connectivity index (χ2n) is 11.1. The molecule has 9 heteroatoms. The zero-order chi connectivity index (χ0) is 29.5. The first kappa shape index (κ1) is 28.0. The molecule has 1 N–H and O–H groups in total. The van der Waals surface area contributed by atoms with Crippen molar-refractivity contribution in [1.82, 2.24) is 9.78 Å². The Labute approximate surface area is 248 Å². The molecule has 3 aromatic carbocycles. The zero-order valence-electron chi connectivity index (χ0n) is 23.4. The molecule has 2 atom stereocenters. The van der Waals surface area contributed by atoms with E-state index in [1.807, 2.05) is 48.4 Å². The van der Waals surface area contributed by atoms with E-state index in [9.17, 15) is 14.0 Å². The lowest BCUT2D eigenvalue weighted by molar-refractivity contribution is -0.119. The van der Waals surface area contributed by atoms with Crippen molar-refractivity contribution in [3.63, 3.8) is 0 Å². The van der Waals surface area contributed by atoms with Gasteiger partial charge < -0.3 is 14.7 Å². The average molecular weight is 588 g/mol.